The van der Waals surface area contributed by atoms with Crippen molar-refractivity contribution in [1.29, 1.82) is 0 Å². The topological polar surface area (TPSA) is 6.48 Å². The Kier molecular flexibility index (Phi) is 8.20. The van der Waals surface area contributed by atoms with Crippen LogP contribution in [0.15, 0.2) is 0 Å². The number of hydrogen-bond acceptors (Lipinski definition) is 4. The van der Waals surface area contributed by atoms with E-state index >= 15 is 0 Å². The van der Waals surface area contributed by atoms with Crippen LogP contribution in [0.3, 0.4) is 0 Å². The molecule has 0 N–H and O–H groups in total. The molecule has 0 aromatic carbocycles. The summed E-state index contributed by atoms with van der Waals surface area (Å²) in [7, 11) is 4.18. The van der Waals surface area contributed by atoms with E-state index in [-0.39, 0.29) is 0 Å². The van der Waals surface area contributed by atoms with Gasteiger partial charge in [0.2, 0.25) is 0 Å². The molecule has 2 atom stereocenters. The van der Waals surface area contributed by atoms with Crippen molar-refractivity contribution >= 4 is 25.3 Å². The van der Waals surface area contributed by atoms with E-state index in [0.29, 0.717) is 11.3 Å². The van der Waals surface area contributed by atoms with Gasteiger partial charge in [-0.15, -0.1) is 0 Å². The molecule has 0 spiro atoms. The van der Waals surface area contributed by atoms with E-state index in [9.17, 15) is 0 Å². The third kappa shape index (κ3) is 4.91. The zero-order chi connectivity index (χ0) is 11.1. The van der Waals surface area contributed by atoms with Crippen molar-refractivity contribution < 1.29 is 0 Å². The fourth-order valence-electron chi connectivity index (χ4n) is 1.50. The first-order valence-corrected chi connectivity index (χ1v) is 6.39. The maximum absolute atomic E-state index is 4.66. The number of hydrogen-bond donors (Lipinski definition) is 2. The van der Waals surface area contributed by atoms with Gasteiger partial charge >= 0.3 is 0 Å². The summed E-state index contributed by atoms with van der Waals surface area (Å²) in [6, 6.07) is 0.447. The van der Waals surface area contributed by atoms with Crippen LogP contribution in [0.2, 0.25) is 0 Å². The standard InChI is InChI=1S/C10H24N2S2/c1-5-12(6-2)7-10(14)9(8-13)11(3)4/h9-10,13-14H,5-8H2,1-4H3. The van der Waals surface area contributed by atoms with E-state index in [2.05, 4.69) is 63.0 Å². The molecule has 86 valence electrons. The fraction of sp³-hybridized carbons (Fsp3) is 1.00. The lowest BCUT2D eigenvalue weighted by Crippen LogP contribution is -2.44. The van der Waals surface area contributed by atoms with Gasteiger partial charge in [-0.1, -0.05) is 13.8 Å². The summed E-state index contributed by atoms with van der Waals surface area (Å²) < 4.78 is 0. The average Bonchev–Trinajstić information content (AvgIpc) is 2.14. The Morgan fingerprint density at radius 2 is 1.64 bits per heavy atom. The molecule has 0 rings (SSSR count). The third-order valence-corrected chi connectivity index (χ3v) is 3.52. The quantitative estimate of drug-likeness (QED) is 0.647. The predicted octanol–water partition coefficient (Wildman–Crippen LogP) is 1.49. The van der Waals surface area contributed by atoms with E-state index in [1.165, 1.54) is 0 Å². The van der Waals surface area contributed by atoms with Crippen molar-refractivity contribution in [2.45, 2.75) is 25.1 Å². The van der Waals surface area contributed by atoms with Crippen LogP contribution in [0.4, 0.5) is 0 Å². The number of nitrogens with zero attached hydrogens (tertiary/aromatic N) is 2. The molecular weight excluding hydrogens is 212 g/mol. The van der Waals surface area contributed by atoms with Gasteiger partial charge in [0.1, 0.15) is 0 Å². The van der Waals surface area contributed by atoms with Gasteiger partial charge in [-0.25, -0.2) is 0 Å². The molecule has 0 aromatic heterocycles. The minimum atomic E-state index is 0.377. The highest BCUT2D eigenvalue weighted by Crippen LogP contribution is 2.11. The van der Waals surface area contributed by atoms with Crippen molar-refractivity contribution in [2.24, 2.45) is 0 Å². The Morgan fingerprint density at radius 3 is 1.93 bits per heavy atom. The van der Waals surface area contributed by atoms with E-state index in [0.717, 1.165) is 25.4 Å². The monoisotopic (exact) mass is 236 g/mol. The smallest absolute Gasteiger partial charge is 0.0308 e. The van der Waals surface area contributed by atoms with Crippen LogP contribution in [0.5, 0.6) is 0 Å². The lowest BCUT2D eigenvalue weighted by atomic mass is 10.2. The number of thiol groups is 2. The summed E-state index contributed by atoms with van der Waals surface area (Å²) in [5, 5.41) is 0.377. The van der Waals surface area contributed by atoms with Gasteiger partial charge in [0.05, 0.1) is 0 Å². The average molecular weight is 236 g/mol. The highest BCUT2D eigenvalue weighted by atomic mass is 32.1. The van der Waals surface area contributed by atoms with E-state index in [4.69, 9.17) is 0 Å². The Hall–Kier alpha value is 0.620. The Bertz CT molecular complexity index is 138. The van der Waals surface area contributed by atoms with Gasteiger partial charge < -0.3 is 9.80 Å². The summed E-state index contributed by atoms with van der Waals surface area (Å²) in [4.78, 5) is 4.60. The second-order valence-electron chi connectivity index (χ2n) is 3.77. The van der Waals surface area contributed by atoms with E-state index < -0.39 is 0 Å². The van der Waals surface area contributed by atoms with Gasteiger partial charge in [-0.3, -0.25) is 0 Å². The molecule has 0 heterocycles. The summed E-state index contributed by atoms with van der Waals surface area (Å²) >= 11 is 9.03. The van der Waals surface area contributed by atoms with Gasteiger partial charge in [0, 0.05) is 23.6 Å². The van der Waals surface area contributed by atoms with Crippen molar-refractivity contribution in [2.75, 3.05) is 39.5 Å². The Labute approximate surface area is 99.9 Å². The Morgan fingerprint density at radius 1 is 1.14 bits per heavy atom. The summed E-state index contributed by atoms with van der Waals surface area (Å²) in [6.45, 7) is 7.62. The first-order valence-electron chi connectivity index (χ1n) is 5.24. The van der Waals surface area contributed by atoms with E-state index in [1.807, 2.05) is 0 Å². The number of rotatable bonds is 7. The molecule has 0 aliphatic heterocycles. The summed E-state index contributed by atoms with van der Waals surface area (Å²) in [5.41, 5.74) is 0. The molecule has 0 saturated carbocycles. The molecule has 14 heavy (non-hydrogen) atoms. The highest BCUT2D eigenvalue weighted by molar-refractivity contribution is 7.81. The summed E-state index contributed by atoms with van der Waals surface area (Å²) in [5.74, 6) is 0.864. The first-order chi connectivity index (χ1) is 6.56. The van der Waals surface area contributed by atoms with Gasteiger partial charge in [0.15, 0.2) is 0 Å². The Balaban J connectivity index is 4.08. The maximum atomic E-state index is 4.66. The molecule has 0 bridgehead atoms. The molecule has 0 aromatic rings. The molecule has 2 nitrogen and oxygen atoms in total. The molecule has 0 radical (unpaired) electrons. The van der Waals surface area contributed by atoms with Crippen LogP contribution in [0, 0.1) is 0 Å². The van der Waals surface area contributed by atoms with E-state index in [1.54, 1.807) is 0 Å². The molecule has 4 heteroatoms. The molecule has 0 fully saturated rings. The molecule has 0 saturated heterocycles. The zero-order valence-electron chi connectivity index (χ0n) is 9.77. The normalized spacial score (nSPS) is 16.3. The van der Waals surface area contributed by atoms with Crippen molar-refractivity contribution in [3.63, 3.8) is 0 Å². The van der Waals surface area contributed by atoms with Crippen LogP contribution in [-0.2, 0) is 0 Å². The van der Waals surface area contributed by atoms with Gasteiger partial charge in [-0.05, 0) is 27.2 Å². The van der Waals surface area contributed by atoms with Crippen molar-refractivity contribution in [1.82, 2.24) is 9.80 Å². The molecule has 0 aliphatic carbocycles. The lowest BCUT2D eigenvalue weighted by molar-refractivity contribution is 0.247. The third-order valence-electron chi connectivity index (χ3n) is 2.63. The van der Waals surface area contributed by atoms with Crippen LogP contribution >= 0.6 is 25.3 Å². The minimum Gasteiger partial charge on any atom is -0.304 e. The first kappa shape index (κ1) is 14.6. The molecule has 0 amide bonds. The second kappa shape index (κ2) is 7.85. The fourth-order valence-corrected chi connectivity index (χ4v) is 2.85. The SMILES string of the molecule is CCN(CC)CC(S)C(CS)N(C)C. The predicted molar refractivity (Wildman–Crippen MR) is 71.9 cm³/mol. The van der Waals surface area contributed by atoms with Crippen LogP contribution in [-0.4, -0.2) is 60.6 Å². The lowest BCUT2D eigenvalue weighted by Gasteiger charge is -2.31. The van der Waals surface area contributed by atoms with Crippen LogP contribution in [0.25, 0.3) is 0 Å². The van der Waals surface area contributed by atoms with Crippen LogP contribution < -0.4 is 0 Å². The molecular formula is C10H24N2S2. The molecule has 2 unspecified atom stereocenters. The van der Waals surface area contributed by atoms with Gasteiger partial charge in [0.25, 0.3) is 0 Å². The largest absolute Gasteiger partial charge is 0.304 e. The van der Waals surface area contributed by atoms with Crippen LogP contribution in [0.1, 0.15) is 13.8 Å². The van der Waals surface area contributed by atoms with Crippen molar-refractivity contribution in [3.05, 3.63) is 0 Å². The van der Waals surface area contributed by atoms with Gasteiger partial charge in [-0.2, -0.15) is 25.3 Å². The second-order valence-corrected chi connectivity index (χ2v) is 4.80. The summed E-state index contributed by atoms with van der Waals surface area (Å²) in [6.07, 6.45) is 0. The van der Waals surface area contributed by atoms with Crippen molar-refractivity contribution in [3.8, 4) is 0 Å². The molecule has 0 aliphatic rings. The minimum absolute atomic E-state index is 0.377. The maximum Gasteiger partial charge on any atom is 0.0308 e. The highest BCUT2D eigenvalue weighted by Gasteiger charge is 2.20. The zero-order valence-corrected chi connectivity index (χ0v) is 11.6.